The van der Waals surface area contributed by atoms with E-state index in [2.05, 4.69) is 20.7 Å². The molecular weight excluding hydrogens is 330 g/mol. The summed E-state index contributed by atoms with van der Waals surface area (Å²) in [4.78, 5) is 10.9. The molecule has 1 aliphatic rings. The number of nitrogens with one attached hydrogen (secondary N) is 1. The van der Waals surface area contributed by atoms with Gasteiger partial charge < -0.3 is 5.11 Å². The van der Waals surface area contributed by atoms with Crippen molar-refractivity contribution in [3.8, 4) is 0 Å². The number of carboxylic acids is 1. The molecule has 0 atom stereocenters. The second kappa shape index (κ2) is 4.04. The normalized spacial score (nSPS) is 18.0. The molecule has 1 saturated carbocycles. The van der Waals surface area contributed by atoms with Gasteiger partial charge in [-0.05, 0) is 47.3 Å². The zero-order chi connectivity index (χ0) is 12.8. The Hall–Kier alpha value is -0.440. The molecule has 0 bridgehead atoms. The van der Waals surface area contributed by atoms with Gasteiger partial charge in [-0.1, -0.05) is 0 Å². The number of rotatable bonds is 4. The minimum absolute atomic E-state index is 0.164. The molecule has 1 aliphatic carbocycles. The number of hydrogen-bond donors (Lipinski definition) is 2. The van der Waals surface area contributed by atoms with E-state index >= 15 is 0 Å². The number of halogens is 1. The minimum atomic E-state index is -3.75. The molecule has 94 valence electrons. The van der Waals surface area contributed by atoms with Crippen LogP contribution in [0.2, 0.25) is 0 Å². The van der Waals surface area contributed by atoms with Crippen molar-refractivity contribution in [3.05, 3.63) is 15.4 Å². The van der Waals surface area contributed by atoms with Crippen LogP contribution in [0.25, 0.3) is 0 Å². The van der Waals surface area contributed by atoms with Crippen molar-refractivity contribution >= 4 is 43.3 Å². The monoisotopic (exact) mass is 339 g/mol. The van der Waals surface area contributed by atoms with E-state index in [0.717, 1.165) is 11.3 Å². The van der Waals surface area contributed by atoms with Crippen LogP contribution in [0.3, 0.4) is 0 Å². The van der Waals surface area contributed by atoms with E-state index in [0.29, 0.717) is 22.2 Å². The van der Waals surface area contributed by atoms with E-state index < -0.39 is 21.5 Å². The summed E-state index contributed by atoms with van der Waals surface area (Å²) in [5.41, 5.74) is -0.683. The Morgan fingerprint density at radius 1 is 1.59 bits per heavy atom. The first-order chi connectivity index (χ1) is 7.77. The zero-order valence-corrected chi connectivity index (χ0v) is 12.1. The molecule has 1 fully saturated rings. The van der Waals surface area contributed by atoms with Gasteiger partial charge in [0, 0.05) is 0 Å². The highest BCUT2D eigenvalue weighted by atomic mass is 79.9. The summed E-state index contributed by atoms with van der Waals surface area (Å²) in [5, 5.41) is 8.96. The van der Waals surface area contributed by atoms with Crippen molar-refractivity contribution in [2.75, 3.05) is 0 Å². The minimum Gasteiger partial charge on any atom is -0.480 e. The van der Waals surface area contributed by atoms with Gasteiger partial charge in [-0.3, -0.25) is 4.79 Å². The van der Waals surface area contributed by atoms with Gasteiger partial charge in [-0.2, -0.15) is 4.72 Å². The van der Waals surface area contributed by atoms with Gasteiger partial charge >= 0.3 is 5.97 Å². The first-order valence-corrected chi connectivity index (χ1v) is 7.89. The molecule has 17 heavy (non-hydrogen) atoms. The van der Waals surface area contributed by atoms with Gasteiger partial charge in [-0.25, -0.2) is 8.42 Å². The van der Waals surface area contributed by atoms with Crippen molar-refractivity contribution in [3.63, 3.8) is 0 Å². The van der Waals surface area contributed by atoms with E-state index in [1.54, 1.807) is 13.0 Å². The third-order valence-electron chi connectivity index (χ3n) is 2.58. The van der Waals surface area contributed by atoms with Crippen LogP contribution in [0.1, 0.15) is 18.4 Å². The molecule has 2 N–H and O–H groups in total. The Labute approximate surface area is 111 Å². The summed E-state index contributed by atoms with van der Waals surface area (Å²) in [5.74, 6) is -1.12. The van der Waals surface area contributed by atoms with Crippen molar-refractivity contribution in [2.24, 2.45) is 0 Å². The van der Waals surface area contributed by atoms with Crippen LogP contribution in [-0.4, -0.2) is 25.0 Å². The Morgan fingerprint density at radius 2 is 2.18 bits per heavy atom. The molecule has 5 nitrogen and oxygen atoms in total. The second-order valence-electron chi connectivity index (χ2n) is 4.01. The Morgan fingerprint density at radius 3 is 2.53 bits per heavy atom. The van der Waals surface area contributed by atoms with Crippen molar-refractivity contribution in [1.29, 1.82) is 0 Å². The van der Waals surface area contributed by atoms with Crippen LogP contribution in [0.5, 0.6) is 0 Å². The topological polar surface area (TPSA) is 83.5 Å². The van der Waals surface area contributed by atoms with Crippen molar-refractivity contribution in [2.45, 2.75) is 29.5 Å². The Balaban J connectivity index is 2.32. The maximum atomic E-state index is 12.0. The first-order valence-electron chi connectivity index (χ1n) is 4.80. The SMILES string of the molecule is Cc1cc(Br)sc1S(=O)(=O)NC1(C(=O)O)CC1. The molecule has 1 aromatic heterocycles. The van der Waals surface area contributed by atoms with E-state index in [1.165, 1.54) is 0 Å². The maximum absolute atomic E-state index is 12.0. The fourth-order valence-electron chi connectivity index (χ4n) is 1.48. The van der Waals surface area contributed by atoms with Crippen LogP contribution in [0, 0.1) is 6.92 Å². The zero-order valence-electron chi connectivity index (χ0n) is 8.86. The maximum Gasteiger partial charge on any atom is 0.324 e. The van der Waals surface area contributed by atoms with E-state index in [-0.39, 0.29) is 4.21 Å². The highest BCUT2D eigenvalue weighted by Gasteiger charge is 2.53. The van der Waals surface area contributed by atoms with Crippen LogP contribution in [-0.2, 0) is 14.8 Å². The molecule has 0 radical (unpaired) electrons. The quantitative estimate of drug-likeness (QED) is 0.874. The molecule has 0 amide bonds. The number of aliphatic carboxylic acids is 1. The Bertz CT molecular complexity index is 574. The molecule has 1 heterocycles. The molecular formula is C9H10BrNO4S2. The van der Waals surface area contributed by atoms with Crippen molar-refractivity contribution < 1.29 is 18.3 Å². The predicted molar refractivity (Wildman–Crippen MR) is 66.7 cm³/mol. The van der Waals surface area contributed by atoms with Crippen LogP contribution in [0.15, 0.2) is 14.1 Å². The lowest BCUT2D eigenvalue weighted by Crippen LogP contribution is -2.42. The van der Waals surface area contributed by atoms with Gasteiger partial charge in [-0.15, -0.1) is 11.3 Å². The molecule has 0 saturated heterocycles. The summed E-state index contributed by atoms with van der Waals surface area (Å²) in [7, 11) is -3.75. The highest BCUT2D eigenvalue weighted by molar-refractivity contribution is 9.11. The lowest BCUT2D eigenvalue weighted by molar-refractivity contribution is -0.140. The number of carboxylic acid groups (broad SMARTS) is 1. The molecule has 0 aromatic carbocycles. The fraction of sp³-hybridized carbons (Fsp3) is 0.444. The van der Waals surface area contributed by atoms with E-state index in [1.807, 2.05) is 0 Å². The van der Waals surface area contributed by atoms with Crippen LogP contribution < -0.4 is 4.72 Å². The molecule has 0 unspecified atom stereocenters. The van der Waals surface area contributed by atoms with Gasteiger partial charge in [0.15, 0.2) is 0 Å². The van der Waals surface area contributed by atoms with Gasteiger partial charge in [0.2, 0.25) is 0 Å². The number of carbonyl (C=O) groups is 1. The smallest absolute Gasteiger partial charge is 0.324 e. The van der Waals surface area contributed by atoms with Crippen molar-refractivity contribution in [1.82, 2.24) is 4.72 Å². The third-order valence-corrected chi connectivity index (χ3v) is 6.49. The van der Waals surface area contributed by atoms with E-state index in [9.17, 15) is 13.2 Å². The van der Waals surface area contributed by atoms with Crippen LogP contribution in [0.4, 0.5) is 0 Å². The third kappa shape index (κ3) is 2.40. The summed E-state index contributed by atoms with van der Waals surface area (Å²) < 4.78 is 27.2. The summed E-state index contributed by atoms with van der Waals surface area (Å²) >= 11 is 4.28. The molecule has 1 aromatic rings. The Kier molecular flexibility index (Phi) is 3.09. The average molecular weight is 340 g/mol. The number of aryl methyl sites for hydroxylation is 1. The average Bonchev–Trinajstić information content (AvgIpc) is 2.86. The lowest BCUT2D eigenvalue weighted by Gasteiger charge is -2.12. The predicted octanol–water partition coefficient (Wildman–Crippen LogP) is 1.71. The van der Waals surface area contributed by atoms with Gasteiger partial charge in [0.1, 0.15) is 9.75 Å². The fourth-order valence-corrected chi connectivity index (χ4v) is 5.48. The number of sulfonamides is 1. The van der Waals surface area contributed by atoms with Gasteiger partial charge in [0.25, 0.3) is 10.0 Å². The highest BCUT2D eigenvalue weighted by Crippen LogP contribution is 2.39. The second-order valence-corrected chi connectivity index (χ2v) is 8.32. The summed E-state index contributed by atoms with van der Waals surface area (Å²) in [6.07, 6.45) is 0.681. The molecule has 2 rings (SSSR count). The first kappa shape index (κ1) is 13.0. The van der Waals surface area contributed by atoms with Gasteiger partial charge in [0.05, 0.1) is 3.79 Å². The largest absolute Gasteiger partial charge is 0.480 e. The number of thiophene rings is 1. The number of hydrogen-bond acceptors (Lipinski definition) is 4. The lowest BCUT2D eigenvalue weighted by atomic mass is 10.3. The molecule has 0 aliphatic heterocycles. The molecule has 8 heteroatoms. The standard InChI is InChI=1S/C9H10BrNO4S2/c1-5-4-6(10)16-7(5)17(14,15)11-9(2-3-9)8(12)13/h4,11H,2-3H2,1H3,(H,12,13). The summed E-state index contributed by atoms with van der Waals surface area (Å²) in [6, 6.07) is 1.69. The van der Waals surface area contributed by atoms with Crippen LogP contribution >= 0.6 is 27.3 Å². The molecule has 0 spiro atoms. The summed E-state index contributed by atoms with van der Waals surface area (Å²) in [6.45, 7) is 1.68. The van der Waals surface area contributed by atoms with E-state index in [4.69, 9.17) is 5.11 Å².